The van der Waals surface area contributed by atoms with E-state index in [4.69, 9.17) is 0 Å². The van der Waals surface area contributed by atoms with Gasteiger partial charge in [0.1, 0.15) is 11.2 Å². The monoisotopic (exact) mass is 319 g/mol. The van der Waals surface area contributed by atoms with Gasteiger partial charge in [0.2, 0.25) is 0 Å². The fourth-order valence-electron chi connectivity index (χ4n) is 2.54. The predicted molar refractivity (Wildman–Crippen MR) is 82.7 cm³/mol. The summed E-state index contributed by atoms with van der Waals surface area (Å²) < 4.78 is 13.9. The van der Waals surface area contributed by atoms with Crippen LogP contribution in [0, 0.1) is 5.82 Å². The van der Waals surface area contributed by atoms with Crippen LogP contribution in [0.1, 0.15) is 25.7 Å². The maximum absolute atomic E-state index is 13.9. The van der Waals surface area contributed by atoms with E-state index in [2.05, 4.69) is 15.3 Å². The molecule has 0 spiro atoms. The molecule has 0 amide bonds. The molecule has 0 unspecified atom stereocenters. The van der Waals surface area contributed by atoms with Crippen LogP contribution < -0.4 is 10.9 Å². The first-order chi connectivity index (χ1) is 8.74. The van der Waals surface area contributed by atoms with Crippen molar-refractivity contribution in [3.8, 4) is 0 Å². The van der Waals surface area contributed by atoms with Gasteiger partial charge in [-0.2, -0.15) is 0 Å². The first-order valence-corrected chi connectivity index (χ1v) is 6.17. The Labute approximate surface area is 128 Å². The number of nitrogens with one attached hydrogen (secondary N) is 2. The molecular weight excluding hydrogens is 304 g/mol. The Morgan fingerprint density at radius 1 is 1.25 bits per heavy atom. The van der Waals surface area contributed by atoms with Gasteiger partial charge >= 0.3 is 0 Å². The molecule has 0 aliphatic heterocycles. The topological polar surface area (TPSA) is 57.8 Å². The maximum atomic E-state index is 13.9. The van der Waals surface area contributed by atoms with Gasteiger partial charge in [-0.3, -0.25) is 4.79 Å². The van der Waals surface area contributed by atoms with Gasteiger partial charge in [-0.25, -0.2) is 9.37 Å². The second kappa shape index (κ2) is 6.90. The molecule has 0 radical (unpaired) electrons. The summed E-state index contributed by atoms with van der Waals surface area (Å²) in [6.45, 7) is 0. The van der Waals surface area contributed by atoms with Crippen molar-refractivity contribution < 1.29 is 4.39 Å². The van der Waals surface area contributed by atoms with E-state index in [1.165, 1.54) is 25.2 Å². The lowest BCUT2D eigenvalue weighted by molar-refractivity contribution is 0.637. The fraction of sp³-hybridized carbons (Fsp3) is 0.385. The summed E-state index contributed by atoms with van der Waals surface area (Å²) in [4.78, 5) is 17.9. The SMILES string of the molecule is Cl.Cl.O=c1[nH]cnc2cc(NC3CCCC3)cc(F)c12. The van der Waals surface area contributed by atoms with Crippen molar-refractivity contribution in [2.45, 2.75) is 31.7 Å². The van der Waals surface area contributed by atoms with Gasteiger partial charge in [0.15, 0.2) is 0 Å². The predicted octanol–water partition coefficient (Wildman–Crippen LogP) is 3.26. The zero-order chi connectivity index (χ0) is 12.5. The van der Waals surface area contributed by atoms with Gasteiger partial charge in [-0.15, -0.1) is 24.8 Å². The quantitative estimate of drug-likeness (QED) is 0.893. The van der Waals surface area contributed by atoms with Gasteiger partial charge in [0.05, 0.1) is 11.8 Å². The van der Waals surface area contributed by atoms with E-state index in [9.17, 15) is 9.18 Å². The minimum atomic E-state index is -0.526. The van der Waals surface area contributed by atoms with Gasteiger partial charge < -0.3 is 10.3 Å². The summed E-state index contributed by atoms with van der Waals surface area (Å²) in [6.07, 6.45) is 5.95. The number of nitrogens with zero attached hydrogens (tertiary/aromatic N) is 1. The third-order valence-corrected chi connectivity index (χ3v) is 3.42. The molecule has 1 aliphatic carbocycles. The Balaban J connectivity index is 0.000001000. The van der Waals surface area contributed by atoms with E-state index in [0.29, 0.717) is 17.2 Å². The van der Waals surface area contributed by atoms with Crippen molar-refractivity contribution in [2.24, 2.45) is 0 Å². The highest BCUT2D eigenvalue weighted by molar-refractivity contribution is 5.85. The minimum absolute atomic E-state index is 0. The number of aromatic nitrogens is 2. The third kappa shape index (κ3) is 3.22. The van der Waals surface area contributed by atoms with E-state index in [0.717, 1.165) is 12.8 Å². The molecule has 1 aliphatic rings. The summed E-state index contributed by atoms with van der Waals surface area (Å²) >= 11 is 0. The maximum Gasteiger partial charge on any atom is 0.261 e. The number of H-pyrrole nitrogens is 1. The molecule has 4 nitrogen and oxygen atoms in total. The average molecular weight is 320 g/mol. The van der Waals surface area contributed by atoms with Crippen LogP contribution in [-0.2, 0) is 0 Å². The molecule has 1 fully saturated rings. The number of rotatable bonds is 2. The number of hydrogen-bond acceptors (Lipinski definition) is 3. The lowest BCUT2D eigenvalue weighted by atomic mass is 10.2. The molecular formula is C13H16Cl2FN3O. The highest BCUT2D eigenvalue weighted by atomic mass is 35.5. The van der Waals surface area contributed by atoms with Crippen molar-refractivity contribution in [1.29, 1.82) is 0 Å². The second-order valence-electron chi connectivity index (χ2n) is 4.71. The van der Waals surface area contributed by atoms with Crippen LogP contribution in [0.2, 0.25) is 0 Å². The standard InChI is InChI=1S/C13H14FN3O.2ClH/c14-10-5-9(17-8-3-1-2-4-8)6-11-12(10)13(18)16-7-15-11;;/h5-8,17H,1-4H2,(H,15,16,18);2*1H. The molecule has 0 atom stereocenters. The Morgan fingerprint density at radius 2 is 1.95 bits per heavy atom. The Morgan fingerprint density at radius 3 is 2.65 bits per heavy atom. The normalized spacial score (nSPS) is 14.7. The smallest absolute Gasteiger partial charge is 0.261 e. The number of anilines is 1. The van der Waals surface area contributed by atoms with Crippen molar-refractivity contribution in [2.75, 3.05) is 5.32 Å². The first-order valence-electron chi connectivity index (χ1n) is 6.17. The van der Waals surface area contributed by atoms with Gasteiger partial charge in [0, 0.05) is 11.7 Å². The van der Waals surface area contributed by atoms with E-state index in [1.807, 2.05) is 0 Å². The zero-order valence-electron chi connectivity index (χ0n) is 10.7. The van der Waals surface area contributed by atoms with Crippen LogP contribution in [0.5, 0.6) is 0 Å². The van der Waals surface area contributed by atoms with Crippen LogP contribution in [0.3, 0.4) is 0 Å². The Hall–Kier alpha value is -1.33. The molecule has 1 heterocycles. The summed E-state index contributed by atoms with van der Waals surface area (Å²) in [5.74, 6) is -0.526. The van der Waals surface area contributed by atoms with Crippen LogP contribution in [0.15, 0.2) is 23.3 Å². The Bertz CT molecular complexity index is 641. The van der Waals surface area contributed by atoms with Crippen molar-refractivity contribution in [3.63, 3.8) is 0 Å². The molecule has 1 aromatic carbocycles. The molecule has 1 aromatic heterocycles. The number of fused-ring (bicyclic) bond motifs is 1. The number of aromatic amines is 1. The van der Waals surface area contributed by atoms with Gasteiger partial charge in [-0.1, -0.05) is 12.8 Å². The van der Waals surface area contributed by atoms with E-state index >= 15 is 0 Å². The van der Waals surface area contributed by atoms with Crippen molar-refractivity contribution >= 4 is 41.4 Å². The Kier molecular flexibility index (Phi) is 5.77. The largest absolute Gasteiger partial charge is 0.382 e. The molecule has 0 bridgehead atoms. The number of hydrogen-bond donors (Lipinski definition) is 2. The van der Waals surface area contributed by atoms with Crippen LogP contribution in [0.4, 0.5) is 10.1 Å². The molecule has 2 aromatic rings. The number of benzene rings is 1. The zero-order valence-corrected chi connectivity index (χ0v) is 12.3. The summed E-state index contributed by atoms with van der Waals surface area (Å²) in [6, 6.07) is 3.51. The number of halogens is 3. The molecule has 0 saturated heterocycles. The third-order valence-electron chi connectivity index (χ3n) is 3.42. The van der Waals surface area contributed by atoms with Gasteiger partial charge in [0.25, 0.3) is 5.56 Å². The molecule has 110 valence electrons. The highest BCUT2D eigenvalue weighted by Crippen LogP contribution is 2.24. The van der Waals surface area contributed by atoms with Crippen LogP contribution >= 0.6 is 24.8 Å². The van der Waals surface area contributed by atoms with Crippen molar-refractivity contribution in [3.05, 3.63) is 34.6 Å². The van der Waals surface area contributed by atoms with E-state index < -0.39 is 11.4 Å². The second-order valence-corrected chi connectivity index (χ2v) is 4.71. The fourth-order valence-corrected chi connectivity index (χ4v) is 2.54. The summed E-state index contributed by atoms with van der Waals surface area (Å²) in [5, 5.41) is 3.32. The van der Waals surface area contributed by atoms with Crippen LogP contribution in [-0.4, -0.2) is 16.0 Å². The lowest BCUT2D eigenvalue weighted by Crippen LogP contribution is -2.15. The highest BCUT2D eigenvalue weighted by Gasteiger charge is 2.16. The van der Waals surface area contributed by atoms with E-state index in [1.54, 1.807) is 6.07 Å². The van der Waals surface area contributed by atoms with Crippen LogP contribution in [0.25, 0.3) is 10.9 Å². The van der Waals surface area contributed by atoms with Gasteiger partial charge in [-0.05, 0) is 25.0 Å². The minimum Gasteiger partial charge on any atom is -0.382 e. The summed E-state index contributed by atoms with van der Waals surface area (Å²) in [7, 11) is 0. The molecule has 3 rings (SSSR count). The average Bonchev–Trinajstić information content (AvgIpc) is 2.81. The van der Waals surface area contributed by atoms with Crippen molar-refractivity contribution in [1.82, 2.24) is 9.97 Å². The molecule has 20 heavy (non-hydrogen) atoms. The summed E-state index contributed by atoms with van der Waals surface area (Å²) in [5.41, 5.74) is 0.647. The lowest BCUT2D eigenvalue weighted by Gasteiger charge is -2.13. The van der Waals surface area contributed by atoms with E-state index in [-0.39, 0.29) is 30.2 Å². The molecule has 7 heteroatoms. The molecule has 2 N–H and O–H groups in total. The molecule has 1 saturated carbocycles. The first kappa shape index (κ1) is 16.7.